The third kappa shape index (κ3) is 1.31. The van der Waals surface area contributed by atoms with Crippen molar-refractivity contribution in [2.24, 2.45) is 5.41 Å². The Morgan fingerprint density at radius 1 is 1.50 bits per heavy atom. The highest BCUT2D eigenvalue weighted by Crippen LogP contribution is 2.49. The van der Waals surface area contributed by atoms with Gasteiger partial charge in [0.25, 0.3) is 0 Å². The summed E-state index contributed by atoms with van der Waals surface area (Å²) >= 11 is 0. The number of aromatic nitrogens is 1. The second-order valence-corrected chi connectivity index (χ2v) is 4.99. The molecular formula is C11H18N2O. The molecule has 0 spiro atoms. The molecule has 2 rings (SSSR count). The van der Waals surface area contributed by atoms with Gasteiger partial charge in [-0.15, -0.1) is 0 Å². The highest BCUT2D eigenvalue weighted by Gasteiger charge is 2.38. The minimum atomic E-state index is 0.341. The number of anilines is 1. The number of nitrogens with zero attached hydrogens (tertiary/aromatic N) is 1. The summed E-state index contributed by atoms with van der Waals surface area (Å²) in [6.45, 7) is 6.60. The van der Waals surface area contributed by atoms with Crippen LogP contribution in [-0.4, -0.2) is 5.16 Å². The van der Waals surface area contributed by atoms with E-state index in [-0.39, 0.29) is 0 Å². The van der Waals surface area contributed by atoms with Gasteiger partial charge >= 0.3 is 0 Å². The maximum atomic E-state index is 5.67. The van der Waals surface area contributed by atoms with Gasteiger partial charge in [0.2, 0.25) is 5.88 Å². The Hall–Kier alpha value is -0.990. The molecule has 3 nitrogen and oxygen atoms in total. The zero-order valence-corrected chi connectivity index (χ0v) is 9.13. The molecule has 1 unspecified atom stereocenters. The summed E-state index contributed by atoms with van der Waals surface area (Å²) < 4.78 is 5.03. The molecule has 1 aliphatic rings. The van der Waals surface area contributed by atoms with Gasteiger partial charge in [0.15, 0.2) is 0 Å². The molecule has 0 bridgehead atoms. The molecule has 0 amide bonds. The summed E-state index contributed by atoms with van der Waals surface area (Å²) in [4.78, 5) is 0. The third-order valence-corrected chi connectivity index (χ3v) is 3.58. The average molecular weight is 194 g/mol. The van der Waals surface area contributed by atoms with Crippen LogP contribution in [0.3, 0.4) is 0 Å². The topological polar surface area (TPSA) is 52.0 Å². The van der Waals surface area contributed by atoms with Crippen LogP contribution in [0.1, 0.15) is 50.3 Å². The molecular weight excluding hydrogens is 176 g/mol. The van der Waals surface area contributed by atoms with Crippen LogP contribution in [-0.2, 0) is 0 Å². The fourth-order valence-electron chi connectivity index (χ4n) is 2.52. The van der Waals surface area contributed by atoms with Gasteiger partial charge in [-0.2, -0.15) is 0 Å². The monoisotopic (exact) mass is 194 g/mol. The van der Waals surface area contributed by atoms with Crippen LogP contribution in [0.2, 0.25) is 0 Å². The Labute approximate surface area is 84.7 Å². The van der Waals surface area contributed by atoms with Crippen molar-refractivity contribution in [1.82, 2.24) is 5.16 Å². The lowest BCUT2D eigenvalue weighted by Gasteiger charge is -2.25. The molecule has 0 aromatic carbocycles. The Bertz CT molecular complexity index is 341. The summed E-state index contributed by atoms with van der Waals surface area (Å²) in [6.07, 6.45) is 3.76. The first-order valence-electron chi connectivity index (χ1n) is 5.24. The Kier molecular flexibility index (Phi) is 2.05. The van der Waals surface area contributed by atoms with E-state index in [1.54, 1.807) is 0 Å². The van der Waals surface area contributed by atoms with Crippen LogP contribution in [0.5, 0.6) is 0 Å². The van der Waals surface area contributed by atoms with Crippen LogP contribution in [0.25, 0.3) is 0 Å². The van der Waals surface area contributed by atoms with Gasteiger partial charge in [0, 0.05) is 11.5 Å². The zero-order valence-electron chi connectivity index (χ0n) is 9.13. The average Bonchev–Trinajstić information content (AvgIpc) is 2.59. The molecule has 3 heteroatoms. The van der Waals surface area contributed by atoms with Gasteiger partial charge in [0.05, 0.1) is 5.69 Å². The van der Waals surface area contributed by atoms with Crippen molar-refractivity contribution in [3.63, 3.8) is 0 Å². The van der Waals surface area contributed by atoms with Crippen LogP contribution in [0, 0.1) is 12.3 Å². The molecule has 1 aromatic heterocycles. The highest BCUT2D eigenvalue weighted by atomic mass is 16.5. The van der Waals surface area contributed by atoms with E-state index < -0.39 is 0 Å². The summed E-state index contributed by atoms with van der Waals surface area (Å²) in [5.74, 6) is 0.992. The van der Waals surface area contributed by atoms with Gasteiger partial charge in [-0.3, -0.25) is 0 Å². The van der Waals surface area contributed by atoms with Crippen molar-refractivity contribution in [3.8, 4) is 0 Å². The predicted octanol–water partition coefficient (Wildman–Crippen LogP) is 2.86. The van der Waals surface area contributed by atoms with E-state index in [9.17, 15) is 0 Å². The van der Waals surface area contributed by atoms with E-state index in [4.69, 9.17) is 10.3 Å². The lowest BCUT2D eigenvalue weighted by Crippen LogP contribution is -2.16. The second kappa shape index (κ2) is 3.01. The number of nitrogen functional groups attached to an aromatic ring is 1. The number of hydrogen-bond donors (Lipinski definition) is 1. The number of hydrogen-bond acceptors (Lipinski definition) is 3. The molecule has 1 aromatic rings. The summed E-state index contributed by atoms with van der Waals surface area (Å²) in [6, 6.07) is 0. The van der Waals surface area contributed by atoms with Crippen LogP contribution >= 0.6 is 0 Å². The van der Waals surface area contributed by atoms with Gasteiger partial charge in [-0.05, 0) is 25.2 Å². The van der Waals surface area contributed by atoms with Gasteiger partial charge < -0.3 is 10.3 Å². The molecule has 1 atom stereocenters. The van der Waals surface area contributed by atoms with Crippen LogP contribution < -0.4 is 5.73 Å². The first-order valence-corrected chi connectivity index (χ1v) is 5.24. The molecule has 14 heavy (non-hydrogen) atoms. The number of nitrogens with two attached hydrogens (primary N) is 1. The lowest BCUT2D eigenvalue weighted by atomic mass is 9.79. The van der Waals surface area contributed by atoms with Gasteiger partial charge in [0.1, 0.15) is 0 Å². The molecule has 0 saturated heterocycles. The summed E-state index contributed by atoms with van der Waals surface area (Å²) in [5, 5.41) is 4.09. The Morgan fingerprint density at radius 2 is 2.21 bits per heavy atom. The van der Waals surface area contributed by atoms with E-state index in [1.807, 2.05) is 6.92 Å². The first kappa shape index (κ1) is 9.56. The Balaban J connectivity index is 2.36. The summed E-state index contributed by atoms with van der Waals surface area (Å²) in [5.41, 5.74) is 8.12. The largest absolute Gasteiger partial charge is 0.367 e. The molecule has 1 fully saturated rings. The van der Waals surface area contributed by atoms with Crippen LogP contribution in [0.15, 0.2) is 4.52 Å². The van der Waals surface area contributed by atoms with Crippen molar-refractivity contribution in [2.45, 2.75) is 46.0 Å². The van der Waals surface area contributed by atoms with E-state index in [0.717, 1.165) is 11.3 Å². The van der Waals surface area contributed by atoms with Gasteiger partial charge in [-0.1, -0.05) is 25.4 Å². The smallest absolute Gasteiger partial charge is 0.225 e. The number of rotatable bonds is 1. The van der Waals surface area contributed by atoms with E-state index in [0.29, 0.717) is 17.2 Å². The normalized spacial score (nSPS) is 25.5. The molecule has 0 aliphatic heterocycles. The molecule has 1 heterocycles. The second-order valence-electron chi connectivity index (χ2n) is 4.99. The zero-order chi connectivity index (χ0) is 10.3. The third-order valence-electron chi connectivity index (χ3n) is 3.58. The van der Waals surface area contributed by atoms with E-state index in [1.165, 1.54) is 19.3 Å². The van der Waals surface area contributed by atoms with E-state index in [2.05, 4.69) is 19.0 Å². The maximum Gasteiger partial charge on any atom is 0.225 e. The lowest BCUT2D eigenvalue weighted by molar-refractivity contribution is 0.313. The van der Waals surface area contributed by atoms with Crippen LogP contribution in [0.4, 0.5) is 5.88 Å². The standard InChI is InChI=1S/C11H18N2O/c1-7-9(13-14-10(7)12)8-5-4-6-11(8,2)3/h8H,4-6,12H2,1-3H3. The molecule has 0 radical (unpaired) electrons. The Morgan fingerprint density at radius 3 is 2.64 bits per heavy atom. The fourth-order valence-corrected chi connectivity index (χ4v) is 2.52. The maximum absolute atomic E-state index is 5.67. The molecule has 2 N–H and O–H groups in total. The van der Waals surface area contributed by atoms with E-state index >= 15 is 0 Å². The van der Waals surface area contributed by atoms with Crippen molar-refractivity contribution in [3.05, 3.63) is 11.3 Å². The first-order chi connectivity index (χ1) is 6.52. The van der Waals surface area contributed by atoms with Crippen molar-refractivity contribution >= 4 is 5.88 Å². The minimum Gasteiger partial charge on any atom is -0.367 e. The van der Waals surface area contributed by atoms with Crippen molar-refractivity contribution in [2.75, 3.05) is 5.73 Å². The minimum absolute atomic E-state index is 0.341. The molecule has 78 valence electrons. The molecule has 1 aliphatic carbocycles. The van der Waals surface area contributed by atoms with Crippen molar-refractivity contribution < 1.29 is 4.52 Å². The fraction of sp³-hybridized carbons (Fsp3) is 0.727. The molecule has 1 saturated carbocycles. The summed E-state index contributed by atoms with van der Waals surface area (Å²) in [7, 11) is 0. The van der Waals surface area contributed by atoms with Crippen molar-refractivity contribution in [1.29, 1.82) is 0 Å². The quantitative estimate of drug-likeness (QED) is 0.747. The van der Waals surface area contributed by atoms with Gasteiger partial charge in [-0.25, -0.2) is 0 Å². The highest BCUT2D eigenvalue weighted by molar-refractivity contribution is 5.39. The predicted molar refractivity (Wildman–Crippen MR) is 56.0 cm³/mol. The SMILES string of the molecule is Cc1c(C2CCCC2(C)C)noc1N.